The summed E-state index contributed by atoms with van der Waals surface area (Å²) in [5.74, 6) is -1.05. The minimum absolute atomic E-state index is 0.00405. The van der Waals surface area contributed by atoms with Crippen molar-refractivity contribution in [3.8, 4) is 0 Å². The second-order valence-corrected chi connectivity index (χ2v) is 2.68. The number of halogens is 1. The number of hydrogen-bond acceptors (Lipinski definition) is 3. The summed E-state index contributed by atoms with van der Waals surface area (Å²) in [5.41, 5.74) is 0.633. The van der Waals surface area contributed by atoms with E-state index < -0.39 is 5.97 Å². The summed E-state index contributed by atoms with van der Waals surface area (Å²) in [7, 11) is 0. The van der Waals surface area contributed by atoms with Crippen molar-refractivity contribution >= 4 is 21.9 Å². The highest BCUT2D eigenvalue weighted by Gasteiger charge is 2.05. The van der Waals surface area contributed by atoms with Crippen molar-refractivity contribution < 1.29 is 9.90 Å². The zero-order chi connectivity index (χ0) is 8.43. The van der Waals surface area contributed by atoms with E-state index >= 15 is 0 Å². The molecule has 11 heavy (non-hydrogen) atoms. The Morgan fingerprint density at radius 2 is 2.27 bits per heavy atom. The molecule has 0 fully saturated rings. The third-order valence-corrected chi connectivity index (χ3v) is 1.40. The minimum atomic E-state index is -1.05. The van der Waals surface area contributed by atoms with Gasteiger partial charge in [-0.05, 0) is 28.9 Å². The molecule has 1 aromatic heterocycles. The van der Waals surface area contributed by atoms with E-state index in [0.29, 0.717) is 10.4 Å². The van der Waals surface area contributed by atoms with Gasteiger partial charge in [0.25, 0.3) is 0 Å². The number of aromatic nitrogens is 2. The van der Waals surface area contributed by atoms with Crippen LogP contribution in [0.5, 0.6) is 0 Å². The Balaban J connectivity index is 3.19. The molecule has 0 bridgehead atoms. The lowest BCUT2D eigenvalue weighted by Crippen LogP contribution is -2.02. The van der Waals surface area contributed by atoms with Crippen LogP contribution in [0.15, 0.2) is 10.8 Å². The van der Waals surface area contributed by atoms with Crippen LogP contribution < -0.4 is 0 Å². The van der Waals surface area contributed by atoms with Gasteiger partial charge in [0.2, 0.25) is 0 Å². The van der Waals surface area contributed by atoms with E-state index in [4.69, 9.17) is 5.11 Å². The van der Waals surface area contributed by atoms with Gasteiger partial charge in [0.1, 0.15) is 0 Å². The molecule has 0 amide bonds. The molecule has 0 saturated carbocycles. The quantitative estimate of drug-likeness (QED) is 0.719. The molecule has 0 aromatic carbocycles. The van der Waals surface area contributed by atoms with E-state index in [1.54, 1.807) is 6.92 Å². The van der Waals surface area contributed by atoms with Gasteiger partial charge in [-0.3, -0.25) is 0 Å². The molecule has 0 saturated heterocycles. The lowest BCUT2D eigenvalue weighted by Gasteiger charge is -1.95. The molecular formula is C6H5BrN2O2. The van der Waals surface area contributed by atoms with Crippen molar-refractivity contribution in [3.05, 3.63) is 22.2 Å². The molecule has 1 aromatic rings. The zero-order valence-electron chi connectivity index (χ0n) is 5.71. The monoisotopic (exact) mass is 216 g/mol. The van der Waals surface area contributed by atoms with Gasteiger partial charge in [0, 0.05) is 5.69 Å². The van der Waals surface area contributed by atoms with E-state index in [-0.39, 0.29) is 5.69 Å². The molecule has 0 unspecified atom stereocenters. The Hall–Kier alpha value is -0.970. The van der Waals surface area contributed by atoms with Gasteiger partial charge >= 0.3 is 5.97 Å². The van der Waals surface area contributed by atoms with Crippen LogP contribution in [-0.2, 0) is 0 Å². The Labute approximate surface area is 71.4 Å². The summed E-state index contributed by atoms with van der Waals surface area (Å²) < 4.78 is 0.301. The minimum Gasteiger partial charge on any atom is -0.477 e. The normalized spacial score (nSPS) is 9.64. The molecular weight excluding hydrogens is 212 g/mol. The fourth-order valence-corrected chi connectivity index (χ4v) is 1.11. The first kappa shape index (κ1) is 8.13. The molecule has 0 spiro atoms. The van der Waals surface area contributed by atoms with Crippen LogP contribution in [-0.4, -0.2) is 21.0 Å². The van der Waals surface area contributed by atoms with Crippen molar-refractivity contribution in [1.29, 1.82) is 0 Å². The Kier molecular flexibility index (Phi) is 2.19. The first-order valence-electron chi connectivity index (χ1n) is 2.84. The standard InChI is InChI=1S/C6H5BrN2O2/c1-3-2-4(5(10)11)9-6(7)8-3/h2H,1H3,(H,10,11). The molecule has 0 aliphatic carbocycles. The maximum atomic E-state index is 10.4. The maximum absolute atomic E-state index is 10.4. The third kappa shape index (κ3) is 1.98. The second kappa shape index (κ2) is 2.96. The fraction of sp³-hybridized carbons (Fsp3) is 0.167. The predicted molar refractivity (Wildman–Crippen MR) is 41.4 cm³/mol. The second-order valence-electron chi connectivity index (χ2n) is 1.97. The van der Waals surface area contributed by atoms with Crippen molar-refractivity contribution in [2.75, 3.05) is 0 Å². The van der Waals surface area contributed by atoms with Gasteiger partial charge in [-0.15, -0.1) is 0 Å². The molecule has 1 rings (SSSR count). The largest absolute Gasteiger partial charge is 0.477 e. The molecule has 58 valence electrons. The van der Waals surface area contributed by atoms with Gasteiger partial charge in [-0.2, -0.15) is 0 Å². The first-order chi connectivity index (χ1) is 5.09. The number of aromatic carboxylic acids is 1. The Morgan fingerprint density at radius 3 is 2.73 bits per heavy atom. The van der Waals surface area contributed by atoms with Crippen LogP contribution in [0.4, 0.5) is 0 Å². The van der Waals surface area contributed by atoms with Crippen molar-refractivity contribution in [3.63, 3.8) is 0 Å². The maximum Gasteiger partial charge on any atom is 0.354 e. The van der Waals surface area contributed by atoms with Gasteiger partial charge in [0.15, 0.2) is 10.4 Å². The lowest BCUT2D eigenvalue weighted by molar-refractivity contribution is 0.0690. The molecule has 0 aliphatic heterocycles. The number of carboxylic acids is 1. The molecule has 0 aliphatic rings. The molecule has 1 heterocycles. The summed E-state index contributed by atoms with van der Waals surface area (Å²) in [5, 5.41) is 8.52. The molecule has 4 nitrogen and oxygen atoms in total. The molecule has 0 radical (unpaired) electrons. The number of carbonyl (C=O) groups is 1. The van der Waals surface area contributed by atoms with E-state index in [9.17, 15) is 4.79 Å². The lowest BCUT2D eigenvalue weighted by atomic mass is 10.3. The summed E-state index contributed by atoms with van der Waals surface area (Å²) in [6, 6.07) is 1.41. The highest BCUT2D eigenvalue weighted by atomic mass is 79.9. The van der Waals surface area contributed by atoms with Crippen molar-refractivity contribution in [2.45, 2.75) is 6.92 Å². The van der Waals surface area contributed by atoms with Crippen LogP contribution in [0.1, 0.15) is 16.2 Å². The summed E-state index contributed by atoms with van der Waals surface area (Å²) in [4.78, 5) is 17.9. The van der Waals surface area contributed by atoms with Crippen LogP contribution in [0.2, 0.25) is 0 Å². The average molecular weight is 217 g/mol. The number of nitrogens with zero attached hydrogens (tertiary/aromatic N) is 2. The SMILES string of the molecule is Cc1cc(C(=O)O)nc(Br)n1. The van der Waals surface area contributed by atoms with Crippen molar-refractivity contribution in [2.24, 2.45) is 0 Å². The van der Waals surface area contributed by atoms with Gasteiger partial charge in [0.05, 0.1) is 0 Å². The number of hydrogen-bond donors (Lipinski definition) is 1. The molecule has 5 heteroatoms. The third-order valence-electron chi connectivity index (χ3n) is 1.05. The molecule has 1 N–H and O–H groups in total. The summed E-state index contributed by atoms with van der Waals surface area (Å²) in [6.45, 7) is 1.71. The average Bonchev–Trinajstić information content (AvgIpc) is 1.85. The fourth-order valence-electron chi connectivity index (χ4n) is 0.642. The highest BCUT2D eigenvalue weighted by molar-refractivity contribution is 9.10. The van der Waals surface area contributed by atoms with Crippen LogP contribution in [0.3, 0.4) is 0 Å². The van der Waals surface area contributed by atoms with Crippen molar-refractivity contribution in [1.82, 2.24) is 9.97 Å². The first-order valence-corrected chi connectivity index (χ1v) is 3.63. The Bertz CT molecular complexity index is 280. The van der Waals surface area contributed by atoms with Crippen LogP contribution >= 0.6 is 15.9 Å². The van der Waals surface area contributed by atoms with E-state index in [2.05, 4.69) is 25.9 Å². The van der Waals surface area contributed by atoms with E-state index in [1.807, 2.05) is 0 Å². The van der Waals surface area contributed by atoms with Crippen LogP contribution in [0, 0.1) is 6.92 Å². The van der Waals surface area contributed by atoms with E-state index in [0.717, 1.165) is 0 Å². The number of carboxylic acid groups (broad SMARTS) is 1. The number of rotatable bonds is 1. The topological polar surface area (TPSA) is 63.1 Å². The van der Waals surface area contributed by atoms with Gasteiger partial charge in [-0.1, -0.05) is 0 Å². The smallest absolute Gasteiger partial charge is 0.354 e. The zero-order valence-corrected chi connectivity index (χ0v) is 7.29. The Morgan fingerprint density at radius 1 is 1.64 bits per heavy atom. The van der Waals surface area contributed by atoms with Gasteiger partial charge < -0.3 is 5.11 Å². The summed E-state index contributed by atoms with van der Waals surface area (Å²) >= 11 is 3.00. The highest BCUT2D eigenvalue weighted by Crippen LogP contribution is 2.05. The predicted octanol–water partition coefficient (Wildman–Crippen LogP) is 1.25. The van der Waals surface area contributed by atoms with E-state index in [1.165, 1.54) is 6.07 Å². The number of aryl methyl sites for hydroxylation is 1. The molecule has 0 atom stereocenters. The van der Waals surface area contributed by atoms with Gasteiger partial charge in [-0.25, -0.2) is 14.8 Å². The van der Waals surface area contributed by atoms with Crippen LogP contribution in [0.25, 0.3) is 0 Å². The summed E-state index contributed by atoms with van der Waals surface area (Å²) in [6.07, 6.45) is 0.